The molecular weight excluding hydrogens is 375 g/mol. The summed E-state index contributed by atoms with van der Waals surface area (Å²) in [5.74, 6) is -0.401. The van der Waals surface area contributed by atoms with Crippen LogP contribution in [-0.4, -0.2) is 39.9 Å². The van der Waals surface area contributed by atoms with Crippen molar-refractivity contribution in [3.63, 3.8) is 0 Å². The fourth-order valence-corrected chi connectivity index (χ4v) is 2.58. The van der Waals surface area contributed by atoms with Crippen LogP contribution >= 0.6 is 0 Å². The molecule has 0 aliphatic rings. The molecule has 1 aromatic heterocycles. The van der Waals surface area contributed by atoms with E-state index in [-0.39, 0.29) is 6.54 Å². The van der Waals surface area contributed by atoms with Crippen molar-refractivity contribution in [2.45, 2.75) is 25.1 Å². The highest BCUT2D eigenvalue weighted by Crippen LogP contribution is 2.40. The van der Waals surface area contributed by atoms with Gasteiger partial charge in [-0.2, -0.15) is 13.2 Å². The van der Waals surface area contributed by atoms with Crippen molar-refractivity contribution in [2.75, 3.05) is 13.2 Å². The van der Waals surface area contributed by atoms with Gasteiger partial charge in [0.1, 0.15) is 11.6 Å². The molecule has 1 amide bonds. The Hall–Kier alpha value is -2.81. The number of carbonyl (C=O) groups excluding carboxylic acids is 1. The fourth-order valence-electron chi connectivity index (χ4n) is 2.58. The zero-order chi connectivity index (χ0) is 20.8. The average molecular weight is 397 g/mol. The van der Waals surface area contributed by atoms with Crippen LogP contribution < -0.4 is 10.1 Å². The molecule has 1 heterocycles. The third-order valence-corrected chi connectivity index (χ3v) is 4.06. The summed E-state index contributed by atoms with van der Waals surface area (Å²) in [5, 5.41) is 12.5. The second-order valence-electron chi connectivity index (χ2n) is 6.10. The van der Waals surface area contributed by atoms with Gasteiger partial charge in [0.25, 0.3) is 0 Å². The number of alkyl halides is 3. The molecule has 2 N–H and O–H groups in total. The summed E-state index contributed by atoms with van der Waals surface area (Å²) < 4.78 is 46.6. The Bertz CT molecular complexity index is 816. The lowest BCUT2D eigenvalue weighted by Crippen LogP contribution is -2.46. The van der Waals surface area contributed by atoms with Gasteiger partial charge in [0, 0.05) is 38.5 Å². The molecule has 0 bridgehead atoms. The summed E-state index contributed by atoms with van der Waals surface area (Å²) in [5.41, 5.74) is -2.42. The average Bonchev–Trinajstić information content (AvgIpc) is 3.07. The molecular formula is C19H22F3N3O3. The molecule has 28 heavy (non-hydrogen) atoms. The molecule has 0 saturated carbocycles. The Morgan fingerprint density at radius 2 is 2.00 bits per heavy atom. The number of nitrogens with zero attached hydrogens (tertiary/aromatic N) is 2. The first-order valence-corrected chi connectivity index (χ1v) is 8.63. The van der Waals surface area contributed by atoms with Gasteiger partial charge in [0.2, 0.25) is 11.5 Å². The Morgan fingerprint density at radius 1 is 1.32 bits per heavy atom. The molecule has 152 valence electrons. The SMILES string of the molecule is CCOc1ccc(/C=C/C(=O)NCCC(O)(c2nccn2C)C(F)(F)F)cc1. The first-order chi connectivity index (χ1) is 13.2. The number of benzene rings is 1. The molecule has 1 aromatic carbocycles. The number of carbonyl (C=O) groups is 1. The number of nitrogens with one attached hydrogen (secondary N) is 1. The Morgan fingerprint density at radius 3 is 2.54 bits per heavy atom. The topological polar surface area (TPSA) is 76.4 Å². The van der Waals surface area contributed by atoms with Crippen LogP contribution in [0.15, 0.2) is 42.7 Å². The van der Waals surface area contributed by atoms with E-state index in [0.717, 1.165) is 10.1 Å². The monoisotopic (exact) mass is 397 g/mol. The first-order valence-electron chi connectivity index (χ1n) is 8.63. The van der Waals surface area contributed by atoms with Gasteiger partial charge in [-0.3, -0.25) is 4.79 Å². The largest absolute Gasteiger partial charge is 0.494 e. The minimum atomic E-state index is -4.94. The van der Waals surface area contributed by atoms with E-state index >= 15 is 0 Å². The Kier molecular flexibility index (Phi) is 6.85. The number of hydrogen-bond acceptors (Lipinski definition) is 4. The standard InChI is InChI=1S/C19H22F3N3O3/c1-3-28-15-7-4-14(5-8-15)6-9-16(26)23-11-10-18(27,19(20,21)22)17-24-12-13-25(17)2/h4-9,12-13,27H,3,10-11H2,1-2H3,(H,23,26)/b9-6+. The van der Waals surface area contributed by atoms with E-state index in [9.17, 15) is 23.1 Å². The molecule has 1 unspecified atom stereocenters. The van der Waals surface area contributed by atoms with E-state index in [2.05, 4.69) is 10.3 Å². The summed E-state index contributed by atoms with van der Waals surface area (Å²) in [6, 6.07) is 6.99. The predicted octanol–water partition coefficient (Wildman–Crippen LogP) is 2.79. The van der Waals surface area contributed by atoms with Gasteiger partial charge in [-0.15, -0.1) is 0 Å². The predicted molar refractivity (Wildman–Crippen MR) is 97.4 cm³/mol. The summed E-state index contributed by atoms with van der Waals surface area (Å²) in [4.78, 5) is 15.5. The molecule has 6 nitrogen and oxygen atoms in total. The number of aliphatic hydroxyl groups is 1. The van der Waals surface area contributed by atoms with Gasteiger partial charge >= 0.3 is 6.18 Å². The minimum Gasteiger partial charge on any atom is -0.494 e. The lowest BCUT2D eigenvalue weighted by atomic mass is 9.97. The van der Waals surface area contributed by atoms with Gasteiger partial charge < -0.3 is 19.7 Å². The third kappa shape index (κ3) is 5.13. The molecule has 0 radical (unpaired) electrons. The third-order valence-electron chi connectivity index (χ3n) is 4.06. The van der Waals surface area contributed by atoms with Crippen LogP contribution in [0.3, 0.4) is 0 Å². The highest BCUT2D eigenvalue weighted by Gasteiger charge is 2.57. The van der Waals surface area contributed by atoms with Crippen molar-refractivity contribution < 1.29 is 27.8 Å². The maximum absolute atomic E-state index is 13.4. The van der Waals surface area contributed by atoms with E-state index in [1.165, 1.54) is 31.6 Å². The Labute approximate surface area is 160 Å². The normalized spacial score (nSPS) is 14.1. The number of aryl methyl sites for hydroxylation is 1. The number of amides is 1. The number of halogens is 3. The van der Waals surface area contributed by atoms with Gasteiger partial charge in [-0.1, -0.05) is 12.1 Å². The van der Waals surface area contributed by atoms with Crippen LogP contribution in [0.1, 0.15) is 24.7 Å². The summed E-state index contributed by atoms with van der Waals surface area (Å²) in [6.07, 6.45) is -0.476. The van der Waals surface area contributed by atoms with Crippen LogP contribution in [0, 0.1) is 0 Å². The lowest BCUT2D eigenvalue weighted by Gasteiger charge is -2.29. The number of aromatic nitrogens is 2. The molecule has 0 spiro atoms. The van der Waals surface area contributed by atoms with E-state index < -0.39 is 29.9 Å². The van der Waals surface area contributed by atoms with Crippen LogP contribution in [0.25, 0.3) is 6.08 Å². The van der Waals surface area contributed by atoms with Gasteiger partial charge in [-0.25, -0.2) is 4.98 Å². The maximum atomic E-state index is 13.4. The van der Waals surface area contributed by atoms with Crippen molar-refractivity contribution in [1.82, 2.24) is 14.9 Å². The van der Waals surface area contributed by atoms with Crippen molar-refractivity contribution in [3.05, 3.63) is 54.1 Å². The van der Waals surface area contributed by atoms with Crippen LogP contribution in [0.2, 0.25) is 0 Å². The number of hydrogen-bond donors (Lipinski definition) is 2. The highest BCUT2D eigenvalue weighted by atomic mass is 19.4. The zero-order valence-electron chi connectivity index (χ0n) is 15.5. The van der Waals surface area contributed by atoms with Gasteiger partial charge in [0.05, 0.1) is 6.61 Å². The van der Waals surface area contributed by atoms with E-state index in [4.69, 9.17) is 4.74 Å². The van der Waals surface area contributed by atoms with Crippen molar-refractivity contribution in [2.24, 2.45) is 7.05 Å². The maximum Gasteiger partial charge on any atom is 0.424 e. The number of imidazole rings is 1. The molecule has 0 aliphatic heterocycles. The molecule has 1 atom stereocenters. The van der Waals surface area contributed by atoms with Crippen LogP contribution in [0.5, 0.6) is 5.75 Å². The second-order valence-corrected chi connectivity index (χ2v) is 6.10. The molecule has 0 fully saturated rings. The second kappa shape index (κ2) is 8.92. The quantitative estimate of drug-likeness (QED) is 0.672. The molecule has 2 aromatic rings. The lowest BCUT2D eigenvalue weighted by molar-refractivity contribution is -0.272. The molecule has 2 rings (SSSR count). The first kappa shape index (κ1) is 21.5. The molecule has 0 saturated heterocycles. The van der Waals surface area contributed by atoms with Crippen molar-refractivity contribution >= 4 is 12.0 Å². The zero-order valence-corrected chi connectivity index (χ0v) is 15.5. The van der Waals surface area contributed by atoms with E-state index in [0.29, 0.717) is 12.4 Å². The van der Waals surface area contributed by atoms with Crippen molar-refractivity contribution in [1.29, 1.82) is 0 Å². The Balaban J connectivity index is 1.95. The summed E-state index contributed by atoms with van der Waals surface area (Å²) in [6.45, 7) is 2.03. The number of rotatable bonds is 8. The van der Waals surface area contributed by atoms with Gasteiger partial charge in [-0.05, 0) is 30.7 Å². The summed E-state index contributed by atoms with van der Waals surface area (Å²) in [7, 11) is 1.36. The van der Waals surface area contributed by atoms with Gasteiger partial charge in [0.15, 0.2) is 0 Å². The van der Waals surface area contributed by atoms with Crippen LogP contribution in [0.4, 0.5) is 13.2 Å². The highest BCUT2D eigenvalue weighted by molar-refractivity contribution is 5.91. The minimum absolute atomic E-state index is 0.380. The molecule has 9 heteroatoms. The fraction of sp³-hybridized carbons (Fsp3) is 0.368. The number of ether oxygens (including phenoxy) is 1. The molecule has 0 aliphatic carbocycles. The van der Waals surface area contributed by atoms with Crippen LogP contribution in [-0.2, 0) is 17.4 Å². The van der Waals surface area contributed by atoms with E-state index in [1.807, 2.05) is 6.92 Å². The van der Waals surface area contributed by atoms with E-state index in [1.54, 1.807) is 24.3 Å². The van der Waals surface area contributed by atoms with Crippen molar-refractivity contribution in [3.8, 4) is 5.75 Å². The summed E-state index contributed by atoms with van der Waals surface area (Å²) >= 11 is 0. The smallest absolute Gasteiger partial charge is 0.424 e.